The summed E-state index contributed by atoms with van der Waals surface area (Å²) >= 11 is 1.26. The van der Waals surface area contributed by atoms with Gasteiger partial charge in [0.1, 0.15) is 5.82 Å². The number of nitrogens with zero attached hydrogens (tertiary/aromatic N) is 4. The van der Waals surface area contributed by atoms with Crippen LogP contribution in [0, 0.1) is 19.7 Å². The van der Waals surface area contributed by atoms with E-state index >= 15 is 0 Å². The van der Waals surface area contributed by atoms with Gasteiger partial charge in [-0.25, -0.2) is 13.9 Å². The summed E-state index contributed by atoms with van der Waals surface area (Å²) in [5, 5.41) is 7.95. The standard InChI is InChI=1S/C24H24FN5OS/c1-4-17-9-6-8-12-21(17)27-22(31)14-32-24-28-23-26-15(2)19(16(3)30(23)29-24)13-18-10-5-7-11-20(18)25/h5-12H,4,13-14H2,1-3H3,(H,27,31). The van der Waals surface area contributed by atoms with Crippen molar-refractivity contribution >= 4 is 29.1 Å². The first-order chi connectivity index (χ1) is 15.5. The molecule has 0 aliphatic heterocycles. The predicted octanol–water partition coefficient (Wildman–Crippen LogP) is 4.76. The summed E-state index contributed by atoms with van der Waals surface area (Å²) in [6.07, 6.45) is 1.27. The highest BCUT2D eigenvalue weighted by atomic mass is 32.2. The average Bonchev–Trinajstić information content (AvgIpc) is 3.20. The van der Waals surface area contributed by atoms with Crippen molar-refractivity contribution in [3.63, 3.8) is 0 Å². The Labute approximate surface area is 190 Å². The number of carbonyl (C=O) groups is 1. The van der Waals surface area contributed by atoms with Gasteiger partial charge in [-0.15, -0.1) is 5.10 Å². The highest BCUT2D eigenvalue weighted by Gasteiger charge is 2.16. The van der Waals surface area contributed by atoms with Crippen LogP contribution in [0.15, 0.2) is 53.7 Å². The van der Waals surface area contributed by atoms with Gasteiger partial charge in [0.15, 0.2) is 0 Å². The molecule has 2 aromatic heterocycles. The second-order valence-corrected chi connectivity index (χ2v) is 8.43. The molecule has 4 rings (SSSR count). The van der Waals surface area contributed by atoms with Gasteiger partial charge < -0.3 is 5.32 Å². The topological polar surface area (TPSA) is 72.2 Å². The van der Waals surface area contributed by atoms with Crippen LogP contribution in [0.1, 0.15) is 35.0 Å². The van der Waals surface area contributed by atoms with Crippen LogP contribution in [-0.4, -0.2) is 31.2 Å². The third-order valence-electron chi connectivity index (χ3n) is 5.36. The van der Waals surface area contributed by atoms with Crippen LogP contribution < -0.4 is 5.32 Å². The number of benzene rings is 2. The van der Waals surface area contributed by atoms with Gasteiger partial charge in [0.2, 0.25) is 11.1 Å². The summed E-state index contributed by atoms with van der Waals surface area (Å²) in [4.78, 5) is 21.4. The van der Waals surface area contributed by atoms with E-state index in [9.17, 15) is 9.18 Å². The fourth-order valence-electron chi connectivity index (χ4n) is 3.61. The molecule has 6 nitrogen and oxygen atoms in total. The SMILES string of the molecule is CCc1ccccc1NC(=O)CSc1nc2nc(C)c(Cc3ccccc3F)c(C)n2n1. The van der Waals surface area contributed by atoms with Gasteiger partial charge in [-0.05, 0) is 49.1 Å². The van der Waals surface area contributed by atoms with Crippen molar-refractivity contribution in [1.29, 1.82) is 0 Å². The van der Waals surface area contributed by atoms with Crippen LogP contribution in [0.3, 0.4) is 0 Å². The van der Waals surface area contributed by atoms with E-state index in [1.165, 1.54) is 17.8 Å². The van der Waals surface area contributed by atoms with Gasteiger partial charge in [-0.2, -0.15) is 4.98 Å². The van der Waals surface area contributed by atoms with Crippen LogP contribution in [0.2, 0.25) is 0 Å². The van der Waals surface area contributed by atoms with E-state index < -0.39 is 0 Å². The number of hydrogen-bond acceptors (Lipinski definition) is 5. The van der Waals surface area contributed by atoms with Gasteiger partial charge in [0.25, 0.3) is 5.78 Å². The second-order valence-electron chi connectivity index (χ2n) is 7.48. The number of carbonyl (C=O) groups excluding carboxylic acids is 1. The average molecular weight is 450 g/mol. The fourth-order valence-corrected chi connectivity index (χ4v) is 4.22. The molecule has 4 aromatic rings. The number of fused-ring (bicyclic) bond motifs is 1. The van der Waals surface area contributed by atoms with Crippen LogP contribution in [0.5, 0.6) is 0 Å². The first-order valence-electron chi connectivity index (χ1n) is 10.4. The van der Waals surface area contributed by atoms with Crippen molar-refractivity contribution in [3.05, 3.63) is 82.4 Å². The number of nitrogens with one attached hydrogen (secondary N) is 1. The third kappa shape index (κ3) is 4.65. The minimum absolute atomic E-state index is 0.115. The Kier molecular flexibility index (Phi) is 6.50. The van der Waals surface area contributed by atoms with E-state index in [2.05, 4.69) is 27.3 Å². The summed E-state index contributed by atoms with van der Waals surface area (Å²) in [6.45, 7) is 5.87. The lowest BCUT2D eigenvalue weighted by molar-refractivity contribution is -0.113. The minimum atomic E-state index is -0.239. The summed E-state index contributed by atoms with van der Waals surface area (Å²) in [7, 11) is 0. The molecule has 0 spiro atoms. The maximum Gasteiger partial charge on any atom is 0.253 e. The molecule has 0 atom stereocenters. The molecule has 2 aromatic carbocycles. The first-order valence-corrected chi connectivity index (χ1v) is 11.4. The molecule has 0 aliphatic rings. The van der Waals surface area contributed by atoms with Crippen molar-refractivity contribution in [2.45, 2.75) is 38.8 Å². The van der Waals surface area contributed by atoms with Crippen LogP contribution >= 0.6 is 11.8 Å². The second kappa shape index (κ2) is 9.48. The predicted molar refractivity (Wildman–Crippen MR) is 125 cm³/mol. The maximum atomic E-state index is 14.1. The van der Waals surface area contributed by atoms with Crippen molar-refractivity contribution < 1.29 is 9.18 Å². The van der Waals surface area contributed by atoms with Crippen molar-refractivity contribution in [2.75, 3.05) is 11.1 Å². The molecule has 1 amide bonds. The highest BCUT2D eigenvalue weighted by molar-refractivity contribution is 7.99. The highest BCUT2D eigenvalue weighted by Crippen LogP contribution is 2.22. The Morgan fingerprint density at radius 2 is 1.78 bits per heavy atom. The Morgan fingerprint density at radius 1 is 1.06 bits per heavy atom. The first kappa shape index (κ1) is 22.0. The number of amides is 1. The minimum Gasteiger partial charge on any atom is -0.325 e. The molecular weight excluding hydrogens is 425 g/mol. The lowest BCUT2D eigenvalue weighted by Crippen LogP contribution is -2.15. The molecule has 32 heavy (non-hydrogen) atoms. The number of rotatable bonds is 7. The van der Waals surface area contributed by atoms with Gasteiger partial charge in [0, 0.05) is 23.5 Å². The molecule has 164 valence electrons. The Bertz CT molecular complexity index is 1290. The van der Waals surface area contributed by atoms with Crippen LogP contribution in [-0.2, 0) is 17.6 Å². The smallest absolute Gasteiger partial charge is 0.253 e. The van der Waals surface area contributed by atoms with E-state index in [1.54, 1.807) is 16.6 Å². The molecule has 0 aliphatic carbocycles. The van der Waals surface area contributed by atoms with Crippen molar-refractivity contribution in [2.24, 2.45) is 0 Å². The summed E-state index contributed by atoms with van der Waals surface area (Å²) in [5.41, 5.74) is 5.09. The van der Waals surface area contributed by atoms with E-state index in [1.807, 2.05) is 44.2 Å². The largest absolute Gasteiger partial charge is 0.325 e. The summed E-state index contributed by atoms with van der Waals surface area (Å²) in [6, 6.07) is 14.5. The molecule has 0 radical (unpaired) electrons. The number of halogens is 1. The molecule has 8 heteroatoms. The third-order valence-corrected chi connectivity index (χ3v) is 6.20. The molecule has 2 heterocycles. The number of aryl methyl sites for hydroxylation is 3. The maximum absolute atomic E-state index is 14.1. The van der Waals surface area contributed by atoms with E-state index in [-0.39, 0.29) is 17.5 Å². The number of thioether (sulfide) groups is 1. The molecule has 0 saturated carbocycles. The number of aromatic nitrogens is 4. The summed E-state index contributed by atoms with van der Waals surface area (Å²) in [5.74, 6) is 0.305. The molecule has 0 bridgehead atoms. The molecule has 0 unspecified atom stereocenters. The normalized spacial score (nSPS) is 11.1. The van der Waals surface area contributed by atoms with E-state index in [0.29, 0.717) is 22.9 Å². The number of anilines is 1. The zero-order chi connectivity index (χ0) is 22.7. The molecule has 1 N–H and O–H groups in total. The lowest BCUT2D eigenvalue weighted by atomic mass is 10.0. The Morgan fingerprint density at radius 3 is 2.53 bits per heavy atom. The van der Waals surface area contributed by atoms with Crippen LogP contribution in [0.25, 0.3) is 5.78 Å². The zero-order valence-electron chi connectivity index (χ0n) is 18.2. The number of para-hydroxylation sites is 1. The molecule has 0 saturated heterocycles. The van der Waals surface area contributed by atoms with Crippen molar-refractivity contribution in [3.8, 4) is 0 Å². The Balaban J connectivity index is 1.50. The van der Waals surface area contributed by atoms with Crippen molar-refractivity contribution in [1.82, 2.24) is 19.6 Å². The van der Waals surface area contributed by atoms with Gasteiger partial charge in [-0.3, -0.25) is 4.79 Å². The molecular formula is C24H24FN5OS. The van der Waals surface area contributed by atoms with E-state index in [0.717, 1.165) is 34.6 Å². The summed E-state index contributed by atoms with van der Waals surface area (Å²) < 4.78 is 15.8. The van der Waals surface area contributed by atoms with Gasteiger partial charge in [0.05, 0.1) is 5.75 Å². The van der Waals surface area contributed by atoms with E-state index in [4.69, 9.17) is 0 Å². The van der Waals surface area contributed by atoms with Gasteiger partial charge >= 0.3 is 0 Å². The Hall–Kier alpha value is -3.26. The van der Waals surface area contributed by atoms with Gasteiger partial charge in [-0.1, -0.05) is 55.1 Å². The quantitative estimate of drug-likeness (QED) is 0.412. The lowest BCUT2D eigenvalue weighted by Gasteiger charge is -2.10. The number of hydrogen-bond donors (Lipinski definition) is 1. The molecule has 0 fully saturated rings. The monoisotopic (exact) mass is 449 g/mol. The van der Waals surface area contributed by atoms with Crippen LogP contribution in [0.4, 0.5) is 10.1 Å². The fraction of sp³-hybridized carbons (Fsp3) is 0.250. The zero-order valence-corrected chi connectivity index (χ0v) is 19.0.